The van der Waals surface area contributed by atoms with Gasteiger partial charge in [-0.05, 0) is 12.8 Å². The van der Waals surface area contributed by atoms with Gasteiger partial charge in [0.1, 0.15) is 0 Å². The highest BCUT2D eigenvalue weighted by molar-refractivity contribution is 7.46. The van der Waals surface area contributed by atoms with E-state index in [0.717, 1.165) is 44.6 Å². The van der Waals surface area contributed by atoms with Crippen molar-refractivity contribution in [2.75, 3.05) is 13.2 Å². The largest absolute Gasteiger partial charge is 0.469 e. The van der Waals surface area contributed by atoms with Gasteiger partial charge in [-0.3, -0.25) is 4.52 Å². The average Bonchev–Trinajstić information content (AvgIpc) is 2.39. The standard InChI is InChI=1S/C13H25O6P/c1-2-13(14)18-11-9-7-5-3-4-6-8-10-12-19-20(15,16)17/h2H,1,3-12H2,(H2,15,16,17)/i11D. The van der Waals surface area contributed by atoms with Crippen molar-refractivity contribution in [1.82, 2.24) is 0 Å². The molecule has 0 aromatic carbocycles. The summed E-state index contributed by atoms with van der Waals surface area (Å²) in [5.41, 5.74) is 0. The van der Waals surface area contributed by atoms with E-state index in [9.17, 15) is 9.36 Å². The molecule has 1 unspecified atom stereocenters. The molecule has 0 aromatic heterocycles. The molecule has 7 heteroatoms. The summed E-state index contributed by atoms with van der Waals surface area (Å²) < 4.78 is 26.9. The predicted octanol–water partition coefficient (Wildman–Crippen LogP) is 2.95. The van der Waals surface area contributed by atoms with E-state index in [1.54, 1.807) is 0 Å². The number of unbranched alkanes of at least 4 members (excludes halogenated alkanes) is 6. The van der Waals surface area contributed by atoms with Crippen molar-refractivity contribution in [3.63, 3.8) is 0 Å². The highest BCUT2D eigenvalue weighted by Crippen LogP contribution is 2.35. The number of carbonyl (C=O) groups excluding carboxylic acids is 1. The lowest BCUT2D eigenvalue weighted by molar-refractivity contribution is -0.137. The second-order valence-corrected chi connectivity index (χ2v) is 5.63. The molecule has 0 heterocycles. The van der Waals surface area contributed by atoms with Crippen LogP contribution in [0.3, 0.4) is 0 Å². The molecule has 6 nitrogen and oxygen atoms in total. The van der Waals surface area contributed by atoms with E-state index in [0.29, 0.717) is 12.8 Å². The zero-order valence-electron chi connectivity index (χ0n) is 12.7. The third-order valence-electron chi connectivity index (χ3n) is 2.59. The first-order valence-electron chi connectivity index (χ1n) is 7.38. The van der Waals surface area contributed by atoms with Crippen LogP contribution in [0.2, 0.25) is 0 Å². The Balaban J connectivity index is 3.27. The normalized spacial score (nSPS) is 13.6. The zero-order chi connectivity index (χ0) is 16.1. The van der Waals surface area contributed by atoms with Crippen LogP contribution < -0.4 is 0 Å². The minimum atomic E-state index is -4.32. The number of carbonyl (C=O) groups is 1. The summed E-state index contributed by atoms with van der Waals surface area (Å²) in [7, 11) is -4.32. The third-order valence-corrected chi connectivity index (χ3v) is 3.11. The van der Waals surface area contributed by atoms with Crippen molar-refractivity contribution < 1.29 is 29.8 Å². The van der Waals surface area contributed by atoms with Crippen LogP contribution in [0.5, 0.6) is 0 Å². The fourth-order valence-electron chi connectivity index (χ4n) is 1.59. The topological polar surface area (TPSA) is 93.1 Å². The van der Waals surface area contributed by atoms with Gasteiger partial charge in [-0.2, -0.15) is 0 Å². The molecule has 0 radical (unpaired) electrons. The summed E-state index contributed by atoms with van der Waals surface area (Å²) in [5.74, 6) is -0.562. The second-order valence-electron chi connectivity index (χ2n) is 4.40. The predicted molar refractivity (Wildman–Crippen MR) is 76.1 cm³/mol. The smallest absolute Gasteiger partial charge is 0.463 e. The maximum absolute atomic E-state index is 10.8. The fourth-order valence-corrected chi connectivity index (χ4v) is 1.95. The first-order valence-corrected chi connectivity index (χ1v) is 8.33. The van der Waals surface area contributed by atoms with Gasteiger partial charge in [0.25, 0.3) is 0 Å². The summed E-state index contributed by atoms with van der Waals surface area (Å²) in [6.45, 7) is 2.53. The van der Waals surface area contributed by atoms with E-state index in [-0.39, 0.29) is 6.61 Å². The van der Waals surface area contributed by atoms with E-state index in [4.69, 9.17) is 15.9 Å². The minimum Gasteiger partial charge on any atom is -0.463 e. The number of hydrogen-bond donors (Lipinski definition) is 2. The molecule has 0 amide bonds. The van der Waals surface area contributed by atoms with Crippen molar-refractivity contribution >= 4 is 13.8 Å². The molecule has 0 aliphatic heterocycles. The Morgan fingerprint density at radius 3 is 2.10 bits per heavy atom. The van der Waals surface area contributed by atoms with Crippen LogP contribution in [0.4, 0.5) is 0 Å². The molecule has 118 valence electrons. The van der Waals surface area contributed by atoms with E-state index in [2.05, 4.69) is 11.1 Å². The second kappa shape index (κ2) is 12.1. The van der Waals surface area contributed by atoms with E-state index in [1.807, 2.05) is 0 Å². The molecule has 20 heavy (non-hydrogen) atoms. The molecule has 0 saturated carbocycles. The first-order chi connectivity index (χ1) is 9.85. The van der Waals surface area contributed by atoms with Gasteiger partial charge in [-0.25, -0.2) is 9.36 Å². The molecule has 0 rings (SSSR count). The zero-order valence-corrected chi connectivity index (χ0v) is 12.6. The summed E-state index contributed by atoms with van der Waals surface area (Å²) >= 11 is 0. The Labute approximate surface area is 121 Å². The summed E-state index contributed by atoms with van der Waals surface area (Å²) in [6, 6.07) is 0. The van der Waals surface area contributed by atoms with Gasteiger partial charge in [0, 0.05) is 6.08 Å². The lowest BCUT2D eigenvalue weighted by Crippen LogP contribution is -2.01. The Morgan fingerprint density at radius 1 is 1.10 bits per heavy atom. The van der Waals surface area contributed by atoms with Gasteiger partial charge in [0.15, 0.2) is 0 Å². The van der Waals surface area contributed by atoms with E-state index in [1.165, 1.54) is 0 Å². The lowest BCUT2D eigenvalue weighted by Gasteiger charge is -2.05. The number of ether oxygens (including phenoxy) is 1. The molecule has 0 aliphatic carbocycles. The highest BCUT2D eigenvalue weighted by Gasteiger charge is 2.12. The van der Waals surface area contributed by atoms with Crippen molar-refractivity contribution in [3.8, 4) is 0 Å². The van der Waals surface area contributed by atoms with Crippen LogP contribution in [0.1, 0.15) is 52.7 Å². The van der Waals surface area contributed by atoms with E-state index < -0.39 is 20.4 Å². The maximum atomic E-state index is 10.8. The van der Waals surface area contributed by atoms with Crippen LogP contribution in [0.25, 0.3) is 0 Å². The molecule has 0 bridgehead atoms. The summed E-state index contributed by atoms with van der Waals surface area (Å²) in [4.78, 5) is 27.8. The van der Waals surface area contributed by atoms with Crippen LogP contribution in [-0.2, 0) is 18.6 Å². The Bertz CT molecular complexity index is 344. The SMILES string of the molecule is [2H]C(CCCCCCCCCOP(=O)(O)O)OC(=O)C=C. The maximum Gasteiger partial charge on any atom is 0.469 e. The summed E-state index contributed by atoms with van der Waals surface area (Å²) in [5, 5.41) is 0. The number of phosphoric acid groups is 1. The van der Waals surface area contributed by atoms with Gasteiger partial charge in [0.05, 0.1) is 14.6 Å². The number of esters is 1. The Morgan fingerprint density at radius 2 is 1.60 bits per heavy atom. The highest BCUT2D eigenvalue weighted by atomic mass is 31.2. The monoisotopic (exact) mass is 309 g/mol. The van der Waals surface area contributed by atoms with Crippen LogP contribution in [0.15, 0.2) is 12.7 Å². The molecule has 0 saturated heterocycles. The summed E-state index contributed by atoms with van der Waals surface area (Å²) in [6.07, 6.45) is 7.94. The van der Waals surface area contributed by atoms with Crippen molar-refractivity contribution in [1.29, 1.82) is 0 Å². The number of hydrogen-bond acceptors (Lipinski definition) is 4. The molecule has 0 spiro atoms. The van der Waals surface area contributed by atoms with Crippen molar-refractivity contribution in [3.05, 3.63) is 12.7 Å². The molecular formula is C13H25O6P. The third kappa shape index (κ3) is 15.4. The Kier molecular flexibility index (Phi) is 10.5. The quantitative estimate of drug-likeness (QED) is 0.235. The molecule has 1 atom stereocenters. The van der Waals surface area contributed by atoms with Gasteiger partial charge >= 0.3 is 13.8 Å². The van der Waals surface area contributed by atoms with Gasteiger partial charge in [-0.15, -0.1) is 0 Å². The number of phosphoric ester groups is 1. The van der Waals surface area contributed by atoms with Crippen molar-refractivity contribution in [2.24, 2.45) is 0 Å². The van der Waals surface area contributed by atoms with Crippen LogP contribution >= 0.6 is 7.82 Å². The van der Waals surface area contributed by atoms with Gasteiger partial charge in [-0.1, -0.05) is 45.1 Å². The van der Waals surface area contributed by atoms with Gasteiger partial charge in [0.2, 0.25) is 0 Å². The van der Waals surface area contributed by atoms with Gasteiger partial charge < -0.3 is 14.5 Å². The molecule has 0 aromatic rings. The molecule has 0 fully saturated rings. The molecular weight excluding hydrogens is 283 g/mol. The van der Waals surface area contributed by atoms with Crippen molar-refractivity contribution in [2.45, 2.75) is 51.4 Å². The fraction of sp³-hybridized carbons (Fsp3) is 0.769. The molecule has 0 aliphatic rings. The van der Waals surface area contributed by atoms with Crippen LogP contribution in [0, 0.1) is 0 Å². The first kappa shape index (κ1) is 17.4. The van der Waals surface area contributed by atoms with E-state index >= 15 is 0 Å². The van der Waals surface area contributed by atoms with Crippen LogP contribution in [-0.4, -0.2) is 28.9 Å². The lowest BCUT2D eigenvalue weighted by atomic mass is 10.1. The minimum absolute atomic E-state index is 0.0828. The number of rotatable bonds is 13. The molecule has 2 N–H and O–H groups in total. The Hall–Kier alpha value is -0.680. The average molecular weight is 309 g/mol.